The van der Waals surface area contributed by atoms with Crippen LogP contribution in [0.1, 0.15) is 32.6 Å². The normalized spacial score (nSPS) is 17.5. The molecule has 21 heavy (non-hydrogen) atoms. The minimum Gasteiger partial charge on any atom is -0.326 e. The Labute approximate surface area is 125 Å². The fraction of sp³-hybridized carbons (Fsp3) is 0.500. The van der Waals surface area contributed by atoms with Crippen LogP contribution in [0.4, 0.5) is 11.4 Å². The predicted molar refractivity (Wildman–Crippen MR) is 84.2 cm³/mol. The molecule has 1 fully saturated rings. The van der Waals surface area contributed by atoms with E-state index in [0.717, 1.165) is 30.9 Å². The molecule has 0 aromatic heterocycles. The van der Waals surface area contributed by atoms with Gasteiger partial charge in [0.25, 0.3) is 0 Å². The van der Waals surface area contributed by atoms with E-state index in [1.165, 1.54) is 6.42 Å². The van der Waals surface area contributed by atoms with Gasteiger partial charge in [0.2, 0.25) is 11.8 Å². The highest BCUT2D eigenvalue weighted by Crippen LogP contribution is 2.17. The summed E-state index contributed by atoms with van der Waals surface area (Å²) in [5.74, 6) is 0.659. The molecule has 1 unspecified atom stereocenters. The Morgan fingerprint density at radius 1 is 1.14 bits per heavy atom. The molecule has 2 amide bonds. The van der Waals surface area contributed by atoms with Crippen LogP contribution in [0.25, 0.3) is 0 Å². The van der Waals surface area contributed by atoms with Crippen LogP contribution in [0.15, 0.2) is 24.3 Å². The summed E-state index contributed by atoms with van der Waals surface area (Å²) < 4.78 is 0. The second kappa shape index (κ2) is 7.78. The number of hydrogen-bond donors (Lipinski definition) is 3. The Bertz CT molecular complexity index is 479. The van der Waals surface area contributed by atoms with Crippen molar-refractivity contribution >= 4 is 23.2 Å². The Kier molecular flexibility index (Phi) is 5.75. The molecule has 2 rings (SSSR count). The van der Waals surface area contributed by atoms with Crippen molar-refractivity contribution in [1.29, 1.82) is 0 Å². The van der Waals surface area contributed by atoms with Gasteiger partial charge in [-0.3, -0.25) is 9.59 Å². The number of carbonyl (C=O) groups is 2. The molecule has 1 saturated heterocycles. The maximum Gasteiger partial charge on any atom is 0.224 e. The summed E-state index contributed by atoms with van der Waals surface area (Å²) in [6.07, 6.45) is 3.11. The summed E-state index contributed by atoms with van der Waals surface area (Å²) >= 11 is 0. The zero-order valence-corrected chi connectivity index (χ0v) is 12.4. The summed E-state index contributed by atoms with van der Waals surface area (Å²) in [4.78, 5) is 23.1. The summed E-state index contributed by atoms with van der Waals surface area (Å²) in [7, 11) is 0. The minimum absolute atomic E-state index is 0.0167. The molecular weight excluding hydrogens is 266 g/mol. The first-order valence-electron chi connectivity index (χ1n) is 7.58. The molecule has 1 aromatic carbocycles. The highest BCUT2D eigenvalue weighted by molar-refractivity contribution is 5.92. The molecule has 1 aliphatic rings. The van der Waals surface area contributed by atoms with Crippen LogP contribution in [0.5, 0.6) is 0 Å². The Morgan fingerprint density at radius 2 is 1.76 bits per heavy atom. The second-order valence-corrected chi connectivity index (χ2v) is 5.42. The molecule has 0 radical (unpaired) electrons. The van der Waals surface area contributed by atoms with Crippen LogP contribution in [-0.2, 0) is 9.59 Å². The molecule has 114 valence electrons. The maximum absolute atomic E-state index is 11.9. The van der Waals surface area contributed by atoms with E-state index >= 15 is 0 Å². The molecule has 1 atom stereocenters. The van der Waals surface area contributed by atoms with E-state index in [4.69, 9.17) is 0 Å². The molecule has 5 nitrogen and oxygen atoms in total. The lowest BCUT2D eigenvalue weighted by Gasteiger charge is -2.09. The summed E-state index contributed by atoms with van der Waals surface area (Å²) in [6, 6.07) is 7.20. The number of hydrogen-bond acceptors (Lipinski definition) is 3. The smallest absolute Gasteiger partial charge is 0.224 e. The summed E-state index contributed by atoms with van der Waals surface area (Å²) in [5.41, 5.74) is 1.51. The fourth-order valence-corrected chi connectivity index (χ4v) is 2.41. The molecule has 0 spiro atoms. The molecule has 0 aliphatic carbocycles. The third-order valence-electron chi connectivity index (χ3n) is 3.72. The fourth-order valence-electron chi connectivity index (χ4n) is 2.41. The van der Waals surface area contributed by atoms with Crippen LogP contribution in [0.2, 0.25) is 0 Å². The van der Waals surface area contributed by atoms with Gasteiger partial charge in [0.15, 0.2) is 0 Å². The number of benzene rings is 1. The van der Waals surface area contributed by atoms with Gasteiger partial charge in [-0.2, -0.15) is 0 Å². The number of amides is 2. The van der Waals surface area contributed by atoms with E-state index in [1.807, 2.05) is 6.92 Å². The monoisotopic (exact) mass is 289 g/mol. The standard InChI is InChI=1S/C16H23N3O2/c1-2-15(20)18-13-4-6-14(7-5-13)19-16(21)8-3-12-9-10-17-11-12/h4-7,12,17H,2-3,8-11H2,1H3,(H,18,20)(H,19,21). The van der Waals surface area contributed by atoms with E-state index in [9.17, 15) is 9.59 Å². The molecule has 5 heteroatoms. The van der Waals surface area contributed by atoms with Gasteiger partial charge < -0.3 is 16.0 Å². The zero-order chi connectivity index (χ0) is 15.1. The first-order valence-corrected chi connectivity index (χ1v) is 7.58. The topological polar surface area (TPSA) is 70.2 Å². The van der Waals surface area contributed by atoms with Crippen LogP contribution in [0.3, 0.4) is 0 Å². The molecule has 3 N–H and O–H groups in total. The van der Waals surface area contributed by atoms with Gasteiger partial charge in [-0.05, 0) is 56.1 Å². The molecule has 1 heterocycles. The van der Waals surface area contributed by atoms with Gasteiger partial charge in [-0.1, -0.05) is 6.92 Å². The predicted octanol–water partition coefficient (Wildman–Crippen LogP) is 2.36. The third kappa shape index (κ3) is 5.19. The largest absolute Gasteiger partial charge is 0.326 e. The van der Waals surface area contributed by atoms with Crippen molar-refractivity contribution in [3.63, 3.8) is 0 Å². The quantitative estimate of drug-likeness (QED) is 0.753. The van der Waals surface area contributed by atoms with E-state index in [-0.39, 0.29) is 11.8 Å². The van der Waals surface area contributed by atoms with Crippen LogP contribution in [-0.4, -0.2) is 24.9 Å². The van der Waals surface area contributed by atoms with Gasteiger partial charge in [0, 0.05) is 24.2 Å². The van der Waals surface area contributed by atoms with Crippen molar-refractivity contribution in [2.45, 2.75) is 32.6 Å². The van der Waals surface area contributed by atoms with Gasteiger partial charge in [0.05, 0.1) is 0 Å². The van der Waals surface area contributed by atoms with Crippen molar-refractivity contribution in [1.82, 2.24) is 5.32 Å². The summed E-state index contributed by atoms with van der Waals surface area (Å²) in [5, 5.41) is 8.97. The van der Waals surface area contributed by atoms with E-state index in [1.54, 1.807) is 24.3 Å². The maximum atomic E-state index is 11.9. The average molecular weight is 289 g/mol. The Morgan fingerprint density at radius 3 is 2.29 bits per heavy atom. The first kappa shape index (κ1) is 15.5. The van der Waals surface area contributed by atoms with Crippen LogP contribution < -0.4 is 16.0 Å². The molecule has 0 saturated carbocycles. The van der Waals surface area contributed by atoms with E-state index in [2.05, 4.69) is 16.0 Å². The lowest BCUT2D eigenvalue weighted by atomic mass is 10.0. The lowest BCUT2D eigenvalue weighted by Crippen LogP contribution is -2.15. The van der Waals surface area contributed by atoms with E-state index in [0.29, 0.717) is 18.8 Å². The molecule has 1 aromatic rings. The second-order valence-electron chi connectivity index (χ2n) is 5.42. The van der Waals surface area contributed by atoms with Gasteiger partial charge in [-0.25, -0.2) is 0 Å². The molecule has 0 bridgehead atoms. The van der Waals surface area contributed by atoms with Crippen molar-refractivity contribution in [3.8, 4) is 0 Å². The number of rotatable bonds is 6. The van der Waals surface area contributed by atoms with Crippen molar-refractivity contribution in [3.05, 3.63) is 24.3 Å². The van der Waals surface area contributed by atoms with Crippen molar-refractivity contribution in [2.75, 3.05) is 23.7 Å². The Hall–Kier alpha value is -1.88. The molecular formula is C16H23N3O2. The van der Waals surface area contributed by atoms with Gasteiger partial charge in [0.1, 0.15) is 0 Å². The molecule has 1 aliphatic heterocycles. The number of carbonyl (C=O) groups excluding carboxylic acids is 2. The number of anilines is 2. The third-order valence-corrected chi connectivity index (χ3v) is 3.72. The van der Waals surface area contributed by atoms with Crippen LogP contribution >= 0.6 is 0 Å². The van der Waals surface area contributed by atoms with E-state index < -0.39 is 0 Å². The van der Waals surface area contributed by atoms with Crippen LogP contribution in [0, 0.1) is 5.92 Å². The SMILES string of the molecule is CCC(=O)Nc1ccc(NC(=O)CCC2CCNC2)cc1. The first-order chi connectivity index (χ1) is 10.2. The highest BCUT2D eigenvalue weighted by atomic mass is 16.2. The number of nitrogens with one attached hydrogen (secondary N) is 3. The lowest BCUT2D eigenvalue weighted by molar-refractivity contribution is -0.117. The zero-order valence-electron chi connectivity index (χ0n) is 12.4. The van der Waals surface area contributed by atoms with Crippen molar-refractivity contribution < 1.29 is 9.59 Å². The Balaban J connectivity index is 1.76. The van der Waals surface area contributed by atoms with Gasteiger partial charge >= 0.3 is 0 Å². The minimum atomic E-state index is -0.0167. The highest BCUT2D eigenvalue weighted by Gasteiger charge is 2.15. The van der Waals surface area contributed by atoms with Gasteiger partial charge in [-0.15, -0.1) is 0 Å². The van der Waals surface area contributed by atoms with Crippen molar-refractivity contribution in [2.24, 2.45) is 5.92 Å². The summed E-state index contributed by atoms with van der Waals surface area (Å²) in [6.45, 7) is 3.90. The average Bonchev–Trinajstić information content (AvgIpc) is 3.00.